The van der Waals surface area contributed by atoms with E-state index in [2.05, 4.69) is 51.2 Å². The molecule has 22 heavy (non-hydrogen) atoms. The van der Waals surface area contributed by atoms with Crippen LogP contribution in [0.3, 0.4) is 0 Å². The van der Waals surface area contributed by atoms with Crippen molar-refractivity contribution < 1.29 is 0 Å². The molecule has 1 heterocycles. The summed E-state index contributed by atoms with van der Waals surface area (Å²) in [6.07, 6.45) is 3.62. The fourth-order valence-corrected chi connectivity index (χ4v) is 2.95. The first-order valence-electron chi connectivity index (χ1n) is 7.98. The molecule has 6 heteroatoms. The Bertz CT molecular complexity index is 376. The maximum Gasteiger partial charge on any atom is 0.191 e. The van der Waals surface area contributed by atoms with Crippen molar-refractivity contribution in [3.05, 3.63) is 22.4 Å². The Labute approximate surface area is 156 Å². The smallest absolute Gasteiger partial charge is 0.191 e. The van der Waals surface area contributed by atoms with E-state index >= 15 is 0 Å². The van der Waals surface area contributed by atoms with Crippen molar-refractivity contribution in [3.63, 3.8) is 0 Å². The van der Waals surface area contributed by atoms with Crippen LogP contribution in [0.15, 0.2) is 21.8 Å². The Kier molecular flexibility index (Phi) is 14.0. The number of hydrogen-bond acceptors (Lipinski definition) is 3. The van der Waals surface area contributed by atoms with Gasteiger partial charge in [-0.2, -0.15) is 11.3 Å². The van der Waals surface area contributed by atoms with Crippen molar-refractivity contribution in [1.82, 2.24) is 15.5 Å². The number of aliphatic imine (C=N–C) groups is 1. The van der Waals surface area contributed by atoms with E-state index < -0.39 is 0 Å². The van der Waals surface area contributed by atoms with Gasteiger partial charge >= 0.3 is 0 Å². The van der Waals surface area contributed by atoms with E-state index in [-0.39, 0.29) is 24.0 Å². The van der Waals surface area contributed by atoms with E-state index in [0.29, 0.717) is 0 Å². The van der Waals surface area contributed by atoms with Crippen molar-refractivity contribution >= 4 is 41.3 Å². The summed E-state index contributed by atoms with van der Waals surface area (Å²) in [5.74, 6) is 0.888. The highest BCUT2D eigenvalue weighted by molar-refractivity contribution is 14.0. The molecule has 0 saturated heterocycles. The fraction of sp³-hybridized carbons (Fsp3) is 0.688. The second-order valence-electron chi connectivity index (χ2n) is 5.18. The van der Waals surface area contributed by atoms with E-state index in [0.717, 1.165) is 32.0 Å². The molecule has 1 aromatic heterocycles. The molecule has 4 nitrogen and oxygen atoms in total. The van der Waals surface area contributed by atoms with Crippen molar-refractivity contribution in [3.8, 4) is 0 Å². The molecule has 0 unspecified atom stereocenters. The summed E-state index contributed by atoms with van der Waals surface area (Å²) < 4.78 is 0. The molecule has 0 aliphatic heterocycles. The van der Waals surface area contributed by atoms with E-state index in [1.807, 2.05) is 7.05 Å². The zero-order valence-corrected chi connectivity index (χ0v) is 17.2. The molecule has 0 radical (unpaired) electrons. The van der Waals surface area contributed by atoms with E-state index in [1.165, 1.54) is 31.5 Å². The van der Waals surface area contributed by atoms with E-state index in [4.69, 9.17) is 0 Å². The quantitative estimate of drug-likeness (QED) is 0.254. The molecule has 0 aliphatic rings. The van der Waals surface area contributed by atoms with Crippen LogP contribution in [0.4, 0.5) is 0 Å². The second kappa shape index (κ2) is 14.3. The molecular weight excluding hydrogens is 407 g/mol. The number of nitrogens with zero attached hydrogens (tertiary/aromatic N) is 2. The number of guanidine groups is 1. The molecule has 1 rings (SSSR count). The number of hydrogen-bond donors (Lipinski definition) is 2. The molecule has 0 saturated carbocycles. The molecule has 0 aliphatic carbocycles. The monoisotopic (exact) mass is 438 g/mol. The Morgan fingerprint density at radius 2 is 1.91 bits per heavy atom. The number of thiophene rings is 1. The van der Waals surface area contributed by atoms with Crippen LogP contribution in [0.5, 0.6) is 0 Å². The highest BCUT2D eigenvalue weighted by atomic mass is 127. The van der Waals surface area contributed by atoms with Gasteiger partial charge in [-0.05, 0) is 61.3 Å². The lowest BCUT2D eigenvalue weighted by Gasteiger charge is -2.21. The van der Waals surface area contributed by atoms with Gasteiger partial charge in [-0.15, -0.1) is 24.0 Å². The Balaban J connectivity index is 0.00000441. The van der Waals surface area contributed by atoms with Gasteiger partial charge in [0.2, 0.25) is 0 Å². The maximum atomic E-state index is 4.26. The number of rotatable bonds is 10. The van der Waals surface area contributed by atoms with Gasteiger partial charge in [0.1, 0.15) is 0 Å². The summed E-state index contributed by atoms with van der Waals surface area (Å²) in [5.41, 5.74) is 1.31. The lowest BCUT2D eigenvalue weighted by molar-refractivity contribution is 0.271. The second-order valence-corrected chi connectivity index (χ2v) is 5.96. The topological polar surface area (TPSA) is 39.7 Å². The third-order valence-corrected chi connectivity index (χ3v) is 4.02. The van der Waals surface area contributed by atoms with Gasteiger partial charge in [0, 0.05) is 20.1 Å². The number of halogens is 1. The lowest BCUT2D eigenvalue weighted by atomic mass is 10.3. The maximum absolute atomic E-state index is 4.26. The van der Waals surface area contributed by atoms with Crippen molar-refractivity contribution in [2.24, 2.45) is 4.99 Å². The van der Waals surface area contributed by atoms with E-state index in [1.54, 1.807) is 11.3 Å². The lowest BCUT2D eigenvalue weighted by Crippen LogP contribution is -2.38. The predicted octanol–water partition coefficient (Wildman–Crippen LogP) is 3.54. The molecule has 128 valence electrons. The largest absolute Gasteiger partial charge is 0.356 e. The SMILES string of the molecule is CCCN(CCC)CCCNC(=NC)NCc1ccsc1.I. The Morgan fingerprint density at radius 3 is 2.45 bits per heavy atom. The summed E-state index contributed by atoms with van der Waals surface area (Å²) in [7, 11) is 1.82. The van der Waals surface area contributed by atoms with Crippen molar-refractivity contribution in [2.45, 2.75) is 39.7 Å². The van der Waals surface area contributed by atoms with Gasteiger partial charge in [-0.3, -0.25) is 4.99 Å². The van der Waals surface area contributed by atoms with Crippen LogP contribution in [0.2, 0.25) is 0 Å². The number of nitrogens with one attached hydrogen (secondary N) is 2. The Morgan fingerprint density at radius 1 is 1.18 bits per heavy atom. The average Bonchev–Trinajstić information content (AvgIpc) is 3.00. The van der Waals surface area contributed by atoms with Crippen LogP contribution in [-0.2, 0) is 6.54 Å². The molecule has 1 aromatic rings. The summed E-state index contributed by atoms with van der Waals surface area (Å²) in [6, 6.07) is 2.14. The van der Waals surface area contributed by atoms with Gasteiger partial charge in [0.05, 0.1) is 0 Å². The van der Waals surface area contributed by atoms with E-state index in [9.17, 15) is 0 Å². The van der Waals surface area contributed by atoms with Crippen LogP contribution < -0.4 is 10.6 Å². The molecule has 0 atom stereocenters. The molecular formula is C16H31IN4S. The van der Waals surface area contributed by atoms with Crippen molar-refractivity contribution in [2.75, 3.05) is 33.2 Å². The molecule has 0 fully saturated rings. The van der Waals surface area contributed by atoms with Crippen LogP contribution in [0.25, 0.3) is 0 Å². The fourth-order valence-electron chi connectivity index (χ4n) is 2.28. The molecule has 0 spiro atoms. The standard InChI is InChI=1S/C16H30N4S.HI/c1-4-9-20(10-5-2)11-6-8-18-16(17-3)19-13-15-7-12-21-14-15;/h7,12,14H,4-6,8-11,13H2,1-3H3,(H2,17,18,19);1H. The molecule has 0 amide bonds. The first kappa shape index (κ1) is 21.7. The van der Waals surface area contributed by atoms with Crippen molar-refractivity contribution in [1.29, 1.82) is 0 Å². The third kappa shape index (κ3) is 9.63. The average molecular weight is 438 g/mol. The summed E-state index contributed by atoms with van der Waals surface area (Å²) >= 11 is 1.73. The van der Waals surface area contributed by atoms with Gasteiger partial charge in [0.25, 0.3) is 0 Å². The summed E-state index contributed by atoms with van der Waals surface area (Å²) in [6.45, 7) is 9.87. The zero-order valence-electron chi connectivity index (χ0n) is 14.1. The van der Waals surface area contributed by atoms with Gasteiger partial charge in [-0.25, -0.2) is 0 Å². The summed E-state index contributed by atoms with van der Waals surface area (Å²) in [5, 5.41) is 11.0. The minimum Gasteiger partial charge on any atom is -0.356 e. The van der Waals surface area contributed by atoms with Gasteiger partial charge in [0.15, 0.2) is 5.96 Å². The highest BCUT2D eigenvalue weighted by Gasteiger charge is 2.02. The third-order valence-electron chi connectivity index (χ3n) is 3.29. The zero-order chi connectivity index (χ0) is 15.3. The van der Waals surface area contributed by atoms with Crippen LogP contribution >= 0.6 is 35.3 Å². The predicted molar refractivity (Wildman–Crippen MR) is 110 cm³/mol. The molecule has 0 bridgehead atoms. The van der Waals surface area contributed by atoms with Crippen LogP contribution in [0, 0.1) is 0 Å². The van der Waals surface area contributed by atoms with Crippen LogP contribution in [-0.4, -0.2) is 44.1 Å². The van der Waals surface area contributed by atoms with Gasteiger partial charge in [-0.1, -0.05) is 13.8 Å². The molecule has 2 N–H and O–H groups in total. The first-order chi connectivity index (χ1) is 10.3. The summed E-state index contributed by atoms with van der Waals surface area (Å²) in [4.78, 5) is 6.81. The van der Waals surface area contributed by atoms with Crippen LogP contribution in [0.1, 0.15) is 38.7 Å². The Hall–Kier alpha value is -0.340. The van der Waals surface area contributed by atoms with Gasteiger partial charge < -0.3 is 15.5 Å². The highest BCUT2D eigenvalue weighted by Crippen LogP contribution is 2.04. The molecule has 0 aromatic carbocycles. The minimum absolute atomic E-state index is 0. The normalized spacial score (nSPS) is 11.4. The minimum atomic E-state index is 0. The first-order valence-corrected chi connectivity index (χ1v) is 8.92.